The molecule has 20 heavy (non-hydrogen) atoms. The first kappa shape index (κ1) is 14.1. The average Bonchev–Trinajstić information content (AvgIpc) is 2.43. The summed E-state index contributed by atoms with van der Waals surface area (Å²) in [7, 11) is 0. The Bertz CT molecular complexity index is 604. The van der Waals surface area contributed by atoms with Gasteiger partial charge < -0.3 is 10.6 Å². The van der Waals surface area contributed by atoms with Crippen molar-refractivity contribution < 1.29 is 13.2 Å². The fourth-order valence-corrected chi connectivity index (χ4v) is 1.57. The van der Waals surface area contributed by atoms with Gasteiger partial charge in [-0.1, -0.05) is 6.07 Å². The van der Waals surface area contributed by atoms with E-state index in [0.717, 1.165) is 18.3 Å². The average molecular weight is 282 g/mol. The van der Waals surface area contributed by atoms with Gasteiger partial charge in [-0.2, -0.15) is 4.98 Å². The van der Waals surface area contributed by atoms with Crippen LogP contribution in [0.4, 0.5) is 24.9 Å². The van der Waals surface area contributed by atoms with Crippen molar-refractivity contribution in [3.8, 4) is 0 Å². The summed E-state index contributed by atoms with van der Waals surface area (Å²) < 4.78 is 39.3. The maximum absolute atomic E-state index is 13.5. The number of rotatable bonds is 5. The number of aromatic nitrogens is 2. The molecule has 0 atom stereocenters. The third kappa shape index (κ3) is 3.37. The molecule has 106 valence electrons. The summed E-state index contributed by atoms with van der Waals surface area (Å²) in [5, 5.41) is 5.57. The Morgan fingerprint density at radius 3 is 2.55 bits per heavy atom. The van der Waals surface area contributed by atoms with Crippen molar-refractivity contribution in [2.45, 2.75) is 13.5 Å². The molecule has 7 heteroatoms. The molecule has 0 amide bonds. The summed E-state index contributed by atoms with van der Waals surface area (Å²) in [6.07, 6.45) is 1.04. The lowest BCUT2D eigenvalue weighted by atomic mass is 10.2. The van der Waals surface area contributed by atoms with Gasteiger partial charge in [-0.3, -0.25) is 0 Å². The van der Waals surface area contributed by atoms with Crippen LogP contribution in [0.2, 0.25) is 0 Å². The predicted octanol–water partition coefficient (Wildman–Crippen LogP) is 2.94. The fourth-order valence-electron chi connectivity index (χ4n) is 1.57. The van der Waals surface area contributed by atoms with Gasteiger partial charge in [0.1, 0.15) is 0 Å². The minimum atomic E-state index is -0.944. The molecule has 0 bridgehead atoms. The molecule has 0 aliphatic heterocycles. The fraction of sp³-hybridized carbons (Fsp3) is 0.231. The molecule has 0 fully saturated rings. The van der Waals surface area contributed by atoms with E-state index in [1.165, 1.54) is 6.07 Å². The molecule has 2 rings (SSSR count). The van der Waals surface area contributed by atoms with Crippen LogP contribution < -0.4 is 10.6 Å². The second-order valence-electron chi connectivity index (χ2n) is 4.02. The zero-order chi connectivity index (χ0) is 14.5. The number of nitrogens with zero attached hydrogens (tertiary/aromatic N) is 2. The van der Waals surface area contributed by atoms with Crippen molar-refractivity contribution in [2.24, 2.45) is 0 Å². The van der Waals surface area contributed by atoms with Crippen LogP contribution in [0, 0.1) is 17.5 Å². The van der Waals surface area contributed by atoms with E-state index >= 15 is 0 Å². The van der Waals surface area contributed by atoms with Crippen LogP contribution in [0.15, 0.2) is 24.4 Å². The summed E-state index contributed by atoms with van der Waals surface area (Å²) in [4.78, 5) is 7.70. The second kappa shape index (κ2) is 6.23. The van der Waals surface area contributed by atoms with E-state index in [4.69, 9.17) is 0 Å². The quantitative estimate of drug-likeness (QED) is 0.885. The molecule has 0 aliphatic carbocycles. The molecule has 0 radical (unpaired) electrons. The Morgan fingerprint density at radius 2 is 1.85 bits per heavy atom. The van der Waals surface area contributed by atoms with Gasteiger partial charge in [0.25, 0.3) is 0 Å². The molecule has 0 saturated heterocycles. The third-order valence-corrected chi connectivity index (χ3v) is 2.52. The molecule has 0 unspecified atom stereocenters. The maximum Gasteiger partial charge on any atom is 0.224 e. The highest BCUT2D eigenvalue weighted by molar-refractivity contribution is 5.41. The van der Waals surface area contributed by atoms with Gasteiger partial charge in [0.15, 0.2) is 23.3 Å². The largest absolute Gasteiger partial charge is 0.363 e. The van der Waals surface area contributed by atoms with Crippen LogP contribution in [0.5, 0.6) is 0 Å². The first-order chi connectivity index (χ1) is 9.60. The van der Waals surface area contributed by atoms with Gasteiger partial charge in [-0.15, -0.1) is 0 Å². The van der Waals surface area contributed by atoms with Crippen molar-refractivity contribution in [1.82, 2.24) is 9.97 Å². The summed E-state index contributed by atoms with van der Waals surface area (Å²) in [5.74, 6) is -2.19. The van der Waals surface area contributed by atoms with E-state index in [1.54, 1.807) is 0 Å². The number of nitrogens with one attached hydrogen (secondary N) is 2. The Morgan fingerprint density at radius 1 is 1.05 bits per heavy atom. The molecule has 0 saturated carbocycles. The normalized spacial score (nSPS) is 10.4. The molecular formula is C13H13F3N4. The number of benzene rings is 1. The molecule has 1 aromatic heterocycles. The number of hydrogen-bond donors (Lipinski definition) is 2. The van der Waals surface area contributed by atoms with Crippen molar-refractivity contribution >= 4 is 11.8 Å². The van der Waals surface area contributed by atoms with Crippen molar-refractivity contribution in [3.05, 3.63) is 47.4 Å². The van der Waals surface area contributed by atoms with Gasteiger partial charge in [0.05, 0.1) is 6.20 Å². The highest BCUT2D eigenvalue weighted by Gasteiger charge is 2.07. The molecule has 1 heterocycles. The van der Waals surface area contributed by atoms with E-state index < -0.39 is 17.5 Å². The second-order valence-corrected chi connectivity index (χ2v) is 4.02. The van der Waals surface area contributed by atoms with Gasteiger partial charge >= 0.3 is 0 Å². The molecule has 0 spiro atoms. The SMILES string of the molecule is CCNc1ncc(F)c(NCc2ccc(F)c(F)c2)n1. The molecule has 2 N–H and O–H groups in total. The lowest BCUT2D eigenvalue weighted by Gasteiger charge is -2.09. The summed E-state index contributed by atoms with van der Waals surface area (Å²) in [5.41, 5.74) is 0.479. The maximum atomic E-state index is 13.5. The Balaban J connectivity index is 2.09. The van der Waals surface area contributed by atoms with E-state index in [-0.39, 0.29) is 12.4 Å². The van der Waals surface area contributed by atoms with Gasteiger partial charge in [-0.25, -0.2) is 18.2 Å². The Labute approximate surface area is 114 Å². The molecular weight excluding hydrogens is 269 g/mol. The first-order valence-electron chi connectivity index (χ1n) is 6.04. The molecule has 2 aromatic rings. The topological polar surface area (TPSA) is 49.8 Å². The summed E-state index contributed by atoms with van der Waals surface area (Å²) in [6, 6.07) is 3.48. The lowest BCUT2D eigenvalue weighted by Crippen LogP contribution is -2.08. The van der Waals surface area contributed by atoms with Crippen molar-refractivity contribution in [1.29, 1.82) is 0 Å². The first-order valence-corrected chi connectivity index (χ1v) is 6.04. The number of halogens is 3. The minimum Gasteiger partial charge on any atom is -0.363 e. The Kier molecular flexibility index (Phi) is 4.39. The summed E-state index contributed by atoms with van der Waals surface area (Å²) in [6.45, 7) is 2.59. The third-order valence-electron chi connectivity index (χ3n) is 2.52. The number of hydrogen-bond acceptors (Lipinski definition) is 4. The Hall–Kier alpha value is -2.31. The molecule has 0 aliphatic rings. The van der Waals surface area contributed by atoms with Crippen LogP contribution in [0.25, 0.3) is 0 Å². The van der Waals surface area contributed by atoms with E-state index in [1.807, 2.05) is 6.92 Å². The van der Waals surface area contributed by atoms with Crippen LogP contribution in [-0.4, -0.2) is 16.5 Å². The van der Waals surface area contributed by atoms with E-state index in [0.29, 0.717) is 18.1 Å². The minimum absolute atomic E-state index is 0.000633. The van der Waals surface area contributed by atoms with Gasteiger partial charge in [0, 0.05) is 13.1 Å². The van der Waals surface area contributed by atoms with E-state index in [9.17, 15) is 13.2 Å². The van der Waals surface area contributed by atoms with Crippen LogP contribution in [-0.2, 0) is 6.54 Å². The monoisotopic (exact) mass is 282 g/mol. The van der Waals surface area contributed by atoms with Crippen molar-refractivity contribution in [3.63, 3.8) is 0 Å². The smallest absolute Gasteiger partial charge is 0.224 e. The van der Waals surface area contributed by atoms with Crippen LogP contribution >= 0.6 is 0 Å². The summed E-state index contributed by atoms with van der Waals surface area (Å²) >= 11 is 0. The highest BCUT2D eigenvalue weighted by atomic mass is 19.2. The number of anilines is 2. The van der Waals surface area contributed by atoms with Crippen LogP contribution in [0.3, 0.4) is 0 Å². The van der Waals surface area contributed by atoms with E-state index in [2.05, 4.69) is 20.6 Å². The zero-order valence-electron chi connectivity index (χ0n) is 10.8. The highest BCUT2D eigenvalue weighted by Crippen LogP contribution is 2.14. The lowest BCUT2D eigenvalue weighted by molar-refractivity contribution is 0.507. The van der Waals surface area contributed by atoms with Gasteiger partial charge in [0.2, 0.25) is 5.95 Å². The predicted molar refractivity (Wildman–Crippen MR) is 69.8 cm³/mol. The van der Waals surface area contributed by atoms with Gasteiger partial charge in [-0.05, 0) is 24.6 Å². The van der Waals surface area contributed by atoms with Crippen molar-refractivity contribution in [2.75, 3.05) is 17.2 Å². The molecule has 4 nitrogen and oxygen atoms in total. The van der Waals surface area contributed by atoms with Crippen LogP contribution in [0.1, 0.15) is 12.5 Å². The standard InChI is InChI=1S/C13H13F3N4/c1-2-17-13-19-7-11(16)12(20-13)18-6-8-3-4-9(14)10(15)5-8/h3-5,7H,2,6H2,1H3,(H2,17,18,19,20). The zero-order valence-corrected chi connectivity index (χ0v) is 10.8. The molecule has 1 aromatic carbocycles.